The van der Waals surface area contributed by atoms with Gasteiger partial charge in [0.05, 0.1) is 6.10 Å². The van der Waals surface area contributed by atoms with Crippen molar-refractivity contribution in [1.29, 1.82) is 0 Å². The van der Waals surface area contributed by atoms with Gasteiger partial charge in [0, 0.05) is 34.9 Å². The van der Waals surface area contributed by atoms with E-state index in [0.29, 0.717) is 17.6 Å². The molecule has 1 amide bonds. The molecule has 0 atom stereocenters. The first-order valence-electron chi connectivity index (χ1n) is 13.0. The minimum atomic E-state index is -0.0244. The summed E-state index contributed by atoms with van der Waals surface area (Å²) in [6.45, 7) is 2.04. The first-order valence-corrected chi connectivity index (χ1v) is 13.0. The Morgan fingerprint density at radius 3 is 2.44 bits per heavy atom. The fourth-order valence-electron chi connectivity index (χ4n) is 5.09. The Morgan fingerprint density at radius 2 is 1.72 bits per heavy atom. The van der Waals surface area contributed by atoms with Crippen molar-refractivity contribution in [2.75, 3.05) is 32.5 Å². The molecule has 1 saturated heterocycles. The number of ether oxygens (including phenoxy) is 1. The Balaban J connectivity index is 1.23. The molecule has 3 N–H and O–H groups in total. The van der Waals surface area contributed by atoms with Crippen molar-refractivity contribution < 1.29 is 9.53 Å². The van der Waals surface area contributed by atoms with Gasteiger partial charge in [0.15, 0.2) is 0 Å². The number of fused-ring (bicyclic) bond motifs is 1. The molecule has 2 heterocycles. The van der Waals surface area contributed by atoms with Gasteiger partial charge in [-0.2, -0.15) is 0 Å². The molecule has 0 bridgehead atoms. The van der Waals surface area contributed by atoms with Gasteiger partial charge in [-0.25, -0.2) is 9.97 Å². The van der Waals surface area contributed by atoms with Crippen molar-refractivity contribution in [2.24, 2.45) is 0 Å². The Morgan fingerprint density at radius 1 is 0.972 bits per heavy atom. The van der Waals surface area contributed by atoms with Crippen molar-refractivity contribution in [3.05, 3.63) is 54.2 Å². The molecule has 36 heavy (non-hydrogen) atoms. The third-order valence-corrected chi connectivity index (χ3v) is 7.41. The minimum Gasteiger partial charge on any atom is -0.488 e. The van der Waals surface area contributed by atoms with E-state index in [1.165, 1.54) is 0 Å². The summed E-state index contributed by atoms with van der Waals surface area (Å²) in [4.78, 5) is 24.2. The van der Waals surface area contributed by atoms with Crippen LogP contribution in [0, 0.1) is 0 Å². The maximum absolute atomic E-state index is 12.7. The molecule has 1 aliphatic heterocycles. The number of piperidine rings is 1. The SMILES string of the molecule is CNC1CCC(Oc2cccc3cnc(Nc4ccc(C(=O)NC5CCN(C)CC5)cc4)nc23)CC1. The summed E-state index contributed by atoms with van der Waals surface area (Å²) in [6.07, 6.45) is 8.33. The number of nitrogens with zero attached hydrogens (tertiary/aromatic N) is 3. The number of aromatic nitrogens is 2. The van der Waals surface area contributed by atoms with Crippen molar-refractivity contribution >= 4 is 28.4 Å². The molecule has 0 spiro atoms. The van der Waals surface area contributed by atoms with Gasteiger partial charge in [0.25, 0.3) is 5.91 Å². The normalized spacial score (nSPS) is 21.3. The molecule has 2 aromatic carbocycles. The lowest BCUT2D eigenvalue weighted by molar-refractivity contribution is 0.0917. The number of para-hydroxylation sites is 1. The van der Waals surface area contributed by atoms with Crippen molar-refractivity contribution in [3.63, 3.8) is 0 Å². The average molecular weight is 489 g/mol. The summed E-state index contributed by atoms with van der Waals surface area (Å²) in [7, 11) is 4.15. The molecule has 3 aromatic rings. The molecule has 190 valence electrons. The largest absolute Gasteiger partial charge is 0.488 e. The highest BCUT2D eigenvalue weighted by molar-refractivity contribution is 5.94. The molecular weight excluding hydrogens is 452 g/mol. The lowest BCUT2D eigenvalue weighted by Gasteiger charge is -2.29. The van der Waals surface area contributed by atoms with Gasteiger partial charge >= 0.3 is 0 Å². The number of hydrogen-bond acceptors (Lipinski definition) is 7. The number of benzene rings is 2. The summed E-state index contributed by atoms with van der Waals surface area (Å²) >= 11 is 0. The molecule has 1 aliphatic carbocycles. The van der Waals surface area contributed by atoms with E-state index in [1.807, 2.05) is 55.7 Å². The fraction of sp³-hybridized carbons (Fsp3) is 0.464. The highest BCUT2D eigenvalue weighted by Gasteiger charge is 2.22. The molecule has 0 unspecified atom stereocenters. The lowest BCUT2D eigenvalue weighted by atomic mass is 9.93. The molecule has 2 aliphatic rings. The van der Waals surface area contributed by atoms with Gasteiger partial charge in [0.2, 0.25) is 5.95 Å². The second-order valence-electron chi connectivity index (χ2n) is 10.0. The predicted molar refractivity (Wildman–Crippen MR) is 143 cm³/mol. The molecule has 0 radical (unpaired) electrons. The Hall–Kier alpha value is -3.23. The number of likely N-dealkylation sites (tertiary alicyclic amines) is 1. The van der Waals surface area contributed by atoms with Crippen molar-refractivity contribution in [1.82, 2.24) is 25.5 Å². The van der Waals surface area contributed by atoms with Crippen LogP contribution in [0.2, 0.25) is 0 Å². The van der Waals surface area contributed by atoms with Crippen LogP contribution in [0.15, 0.2) is 48.7 Å². The molecule has 5 rings (SSSR count). The molecule has 1 saturated carbocycles. The smallest absolute Gasteiger partial charge is 0.251 e. The number of carbonyl (C=O) groups excluding carboxylic acids is 1. The number of carbonyl (C=O) groups is 1. The fourth-order valence-corrected chi connectivity index (χ4v) is 5.09. The Labute approximate surface area is 212 Å². The van der Waals surface area contributed by atoms with Gasteiger partial charge in [-0.05, 0) is 96.0 Å². The number of anilines is 2. The summed E-state index contributed by atoms with van der Waals surface area (Å²) in [5, 5.41) is 10.7. The van der Waals surface area contributed by atoms with Crippen LogP contribution in [0.25, 0.3) is 10.9 Å². The van der Waals surface area contributed by atoms with E-state index in [-0.39, 0.29) is 18.1 Å². The van der Waals surface area contributed by atoms with E-state index in [9.17, 15) is 4.79 Å². The van der Waals surface area contributed by atoms with E-state index in [4.69, 9.17) is 9.72 Å². The van der Waals surface area contributed by atoms with E-state index < -0.39 is 0 Å². The van der Waals surface area contributed by atoms with Crippen LogP contribution in [0.5, 0.6) is 5.75 Å². The number of amides is 1. The maximum Gasteiger partial charge on any atom is 0.251 e. The van der Waals surface area contributed by atoms with E-state index in [1.54, 1.807) is 0 Å². The summed E-state index contributed by atoms with van der Waals surface area (Å²) in [5.41, 5.74) is 2.29. The van der Waals surface area contributed by atoms with Crippen LogP contribution in [0.3, 0.4) is 0 Å². The van der Waals surface area contributed by atoms with Crippen LogP contribution >= 0.6 is 0 Å². The van der Waals surface area contributed by atoms with E-state index in [0.717, 1.165) is 74.0 Å². The zero-order valence-corrected chi connectivity index (χ0v) is 21.2. The summed E-state index contributed by atoms with van der Waals surface area (Å²) in [6, 6.07) is 14.3. The van der Waals surface area contributed by atoms with Gasteiger partial charge in [-0.1, -0.05) is 12.1 Å². The Kier molecular flexibility index (Phi) is 7.63. The quantitative estimate of drug-likeness (QED) is 0.461. The predicted octanol–water partition coefficient (Wildman–Crippen LogP) is 4.11. The van der Waals surface area contributed by atoms with Crippen LogP contribution in [0.1, 0.15) is 48.9 Å². The molecule has 2 fully saturated rings. The molecule has 1 aromatic heterocycles. The summed E-state index contributed by atoms with van der Waals surface area (Å²) in [5.74, 6) is 1.27. The van der Waals surface area contributed by atoms with Crippen LogP contribution in [-0.4, -0.2) is 66.1 Å². The van der Waals surface area contributed by atoms with Gasteiger partial charge in [-0.15, -0.1) is 0 Å². The maximum atomic E-state index is 12.7. The summed E-state index contributed by atoms with van der Waals surface area (Å²) < 4.78 is 6.38. The first-order chi connectivity index (χ1) is 17.6. The second-order valence-corrected chi connectivity index (χ2v) is 10.0. The van der Waals surface area contributed by atoms with E-state index >= 15 is 0 Å². The Bertz CT molecular complexity index is 1170. The number of nitrogens with one attached hydrogen (secondary N) is 3. The third kappa shape index (κ3) is 5.94. The number of rotatable bonds is 7. The van der Waals surface area contributed by atoms with Gasteiger partial charge in [0.1, 0.15) is 11.3 Å². The van der Waals surface area contributed by atoms with Crippen LogP contribution in [-0.2, 0) is 0 Å². The zero-order chi connectivity index (χ0) is 24.9. The monoisotopic (exact) mass is 488 g/mol. The van der Waals surface area contributed by atoms with Crippen LogP contribution in [0.4, 0.5) is 11.6 Å². The molecule has 8 nitrogen and oxygen atoms in total. The highest BCUT2D eigenvalue weighted by Crippen LogP contribution is 2.29. The third-order valence-electron chi connectivity index (χ3n) is 7.41. The van der Waals surface area contributed by atoms with Gasteiger partial charge < -0.3 is 25.6 Å². The van der Waals surface area contributed by atoms with Gasteiger partial charge in [-0.3, -0.25) is 4.79 Å². The highest BCUT2D eigenvalue weighted by atomic mass is 16.5. The second kappa shape index (κ2) is 11.2. The minimum absolute atomic E-state index is 0.0244. The molecular formula is C28H36N6O2. The van der Waals surface area contributed by atoms with Crippen molar-refractivity contribution in [3.8, 4) is 5.75 Å². The molecule has 8 heteroatoms. The lowest BCUT2D eigenvalue weighted by Crippen LogP contribution is -2.43. The standard InChI is InChI=1S/C28H36N6O2/c1-29-21-10-12-24(13-11-21)36-25-5-3-4-20-18-30-28(33-26(20)25)32-22-8-6-19(7-9-22)27(35)31-23-14-16-34(2)17-15-23/h3-9,18,21,23-24,29H,10-17H2,1-2H3,(H,31,35)(H,30,32,33). The number of hydrogen-bond donors (Lipinski definition) is 3. The van der Waals surface area contributed by atoms with E-state index in [2.05, 4.69) is 32.9 Å². The van der Waals surface area contributed by atoms with Crippen molar-refractivity contribution in [2.45, 2.75) is 56.7 Å². The van der Waals surface area contributed by atoms with Crippen LogP contribution < -0.4 is 20.7 Å². The zero-order valence-electron chi connectivity index (χ0n) is 21.2. The first kappa shape index (κ1) is 24.5. The topological polar surface area (TPSA) is 91.4 Å². The average Bonchev–Trinajstić information content (AvgIpc) is 2.91.